The highest BCUT2D eigenvalue weighted by molar-refractivity contribution is 6.46. The molecule has 152 valence electrons. The van der Waals surface area contributed by atoms with Crippen molar-refractivity contribution in [2.75, 3.05) is 13.7 Å². The van der Waals surface area contributed by atoms with E-state index in [1.54, 1.807) is 24.3 Å². The number of benzene rings is 2. The van der Waals surface area contributed by atoms with Gasteiger partial charge in [0.2, 0.25) is 0 Å². The van der Waals surface area contributed by atoms with Crippen LogP contribution in [0.25, 0.3) is 5.76 Å². The second-order valence-corrected chi connectivity index (χ2v) is 7.14. The number of unbranched alkanes of at least 4 members (excludes halogenated alkanes) is 1. The van der Waals surface area contributed by atoms with Crippen molar-refractivity contribution in [3.8, 4) is 11.5 Å². The zero-order valence-electron chi connectivity index (χ0n) is 16.8. The maximum atomic E-state index is 12.9. The second kappa shape index (κ2) is 8.39. The van der Waals surface area contributed by atoms with E-state index in [2.05, 4.69) is 0 Å². The number of aliphatic hydroxyl groups excluding tert-OH is 1. The topological polar surface area (TPSA) is 87.1 Å². The number of rotatable bonds is 6. The maximum Gasteiger partial charge on any atom is 0.295 e. The van der Waals surface area contributed by atoms with Crippen LogP contribution in [-0.4, -0.2) is 40.5 Å². The van der Waals surface area contributed by atoms with E-state index in [9.17, 15) is 19.8 Å². The Bertz CT molecular complexity index is 962. The van der Waals surface area contributed by atoms with Gasteiger partial charge >= 0.3 is 0 Å². The van der Waals surface area contributed by atoms with Crippen LogP contribution in [0.2, 0.25) is 0 Å². The number of carbonyl (C=O) groups excluding carboxylic acids is 2. The van der Waals surface area contributed by atoms with E-state index in [-0.39, 0.29) is 17.1 Å². The molecule has 0 bridgehead atoms. The summed E-state index contributed by atoms with van der Waals surface area (Å²) in [5, 5.41) is 20.8. The molecule has 0 aliphatic carbocycles. The van der Waals surface area contributed by atoms with Gasteiger partial charge in [0, 0.05) is 6.54 Å². The monoisotopic (exact) mass is 395 g/mol. The zero-order valence-corrected chi connectivity index (χ0v) is 16.8. The summed E-state index contributed by atoms with van der Waals surface area (Å²) < 4.78 is 5.35. The van der Waals surface area contributed by atoms with Crippen LogP contribution < -0.4 is 4.74 Å². The van der Waals surface area contributed by atoms with Crippen molar-refractivity contribution in [1.82, 2.24) is 4.90 Å². The lowest BCUT2D eigenvalue weighted by Crippen LogP contribution is -2.30. The molecule has 6 heteroatoms. The first-order chi connectivity index (χ1) is 13.9. The van der Waals surface area contributed by atoms with Crippen molar-refractivity contribution in [3.05, 3.63) is 64.7 Å². The third-order valence-electron chi connectivity index (χ3n) is 5.11. The number of aliphatic hydroxyl groups is 1. The first kappa shape index (κ1) is 20.5. The van der Waals surface area contributed by atoms with Gasteiger partial charge in [-0.3, -0.25) is 9.59 Å². The lowest BCUT2D eigenvalue weighted by Gasteiger charge is -2.25. The molecule has 2 aromatic carbocycles. The first-order valence-corrected chi connectivity index (χ1v) is 9.61. The van der Waals surface area contributed by atoms with E-state index < -0.39 is 17.7 Å². The summed E-state index contributed by atoms with van der Waals surface area (Å²) in [4.78, 5) is 27.2. The van der Waals surface area contributed by atoms with Crippen LogP contribution in [0, 0.1) is 6.92 Å². The Morgan fingerprint density at radius 1 is 1.14 bits per heavy atom. The third kappa shape index (κ3) is 3.83. The number of ketones is 1. The molecule has 0 spiro atoms. The minimum atomic E-state index is -0.729. The van der Waals surface area contributed by atoms with Crippen molar-refractivity contribution in [3.63, 3.8) is 0 Å². The number of carbonyl (C=O) groups is 2. The number of phenols is 1. The predicted octanol–water partition coefficient (Wildman–Crippen LogP) is 3.93. The van der Waals surface area contributed by atoms with Gasteiger partial charge in [-0.1, -0.05) is 37.1 Å². The molecule has 1 aliphatic rings. The van der Waals surface area contributed by atoms with Crippen molar-refractivity contribution in [2.45, 2.75) is 32.7 Å². The molecule has 6 nitrogen and oxygen atoms in total. The minimum Gasteiger partial charge on any atom is -0.508 e. The summed E-state index contributed by atoms with van der Waals surface area (Å²) in [7, 11) is 1.48. The van der Waals surface area contributed by atoms with Gasteiger partial charge in [-0.25, -0.2) is 0 Å². The molecule has 29 heavy (non-hydrogen) atoms. The first-order valence-electron chi connectivity index (χ1n) is 9.61. The molecule has 1 saturated heterocycles. The molecular formula is C23H25NO5. The Hall–Kier alpha value is -3.28. The molecule has 2 N–H and O–H groups in total. The van der Waals surface area contributed by atoms with Gasteiger partial charge in [-0.15, -0.1) is 0 Å². The van der Waals surface area contributed by atoms with Gasteiger partial charge in [-0.2, -0.15) is 0 Å². The Balaban J connectivity index is 2.22. The highest BCUT2D eigenvalue weighted by Crippen LogP contribution is 2.41. The van der Waals surface area contributed by atoms with Crippen molar-refractivity contribution in [2.24, 2.45) is 0 Å². The molecule has 0 aromatic heterocycles. The summed E-state index contributed by atoms with van der Waals surface area (Å²) in [6.07, 6.45) is 1.59. The smallest absolute Gasteiger partial charge is 0.295 e. The Labute approximate surface area is 170 Å². The van der Waals surface area contributed by atoms with Crippen LogP contribution in [0.3, 0.4) is 0 Å². The van der Waals surface area contributed by atoms with E-state index in [0.29, 0.717) is 23.4 Å². The number of hydrogen-bond acceptors (Lipinski definition) is 5. The molecule has 0 saturated carbocycles. The SMILES string of the molecule is CCCCN1C(=O)C(=O)/C(=C(/O)c2cc(C)ccc2OC)C1c1ccc(O)cc1. The number of nitrogens with zero attached hydrogens (tertiary/aromatic N) is 1. The summed E-state index contributed by atoms with van der Waals surface area (Å²) in [6, 6.07) is 10.9. The molecule has 2 aromatic rings. The Morgan fingerprint density at radius 2 is 1.83 bits per heavy atom. The summed E-state index contributed by atoms with van der Waals surface area (Å²) in [5.74, 6) is -1.12. The van der Waals surface area contributed by atoms with Gasteiger partial charge in [0.05, 0.1) is 24.3 Å². The summed E-state index contributed by atoms with van der Waals surface area (Å²) in [5.41, 5.74) is 1.92. The van der Waals surface area contributed by atoms with Gasteiger partial charge in [0.1, 0.15) is 17.3 Å². The minimum absolute atomic E-state index is 0.0284. The predicted molar refractivity (Wildman–Crippen MR) is 110 cm³/mol. The molecule has 1 heterocycles. The van der Waals surface area contributed by atoms with E-state index in [4.69, 9.17) is 4.74 Å². The number of phenolic OH excluding ortho intramolecular Hbond substituents is 1. The fourth-order valence-corrected chi connectivity index (χ4v) is 3.59. The number of hydrogen-bond donors (Lipinski definition) is 2. The molecule has 1 unspecified atom stereocenters. The number of likely N-dealkylation sites (tertiary alicyclic amines) is 1. The Kier molecular flexibility index (Phi) is 5.92. The highest BCUT2D eigenvalue weighted by Gasteiger charge is 2.46. The lowest BCUT2D eigenvalue weighted by molar-refractivity contribution is -0.139. The van der Waals surface area contributed by atoms with Gasteiger partial charge in [0.25, 0.3) is 11.7 Å². The fourth-order valence-electron chi connectivity index (χ4n) is 3.59. The van der Waals surface area contributed by atoms with Gasteiger partial charge in [0.15, 0.2) is 0 Å². The molecule has 1 atom stereocenters. The van der Waals surface area contributed by atoms with Crippen molar-refractivity contribution in [1.29, 1.82) is 0 Å². The van der Waals surface area contributed by atoms with Crippen LogP contribution in [-0.2, 0) is 9.59 Å². The molecule has 1 amide bonds. The molecule has 1 aliphatic heterocycles. The average molecular weight is 395 g/mol. The summed E-state index contributed by atoms with van der Waals surface area (Å²) >= 11 is 0. The fraction of sp³-hybridized carbons (Fsp3) is 0.304. The number of aromatic hydroxyl groups is 1. The summed E-state index contributed by atoms with van der Waals surface area (Å²) in [6.45, 7) is 4.27. The third-order valence-corrected chi connectivity index (χ3v) is 5.11. The van der Waals surface area contributed by atoms with Crippen LogP contribution in [0.1, 0.15) is 42.5 Å². The van der Waals surface area contributed by atoms with Crippen LogP contribution in [0.4, 0.5) is 0 Å². The van der Waals surface area contributed by atoms with E-state index in [1.165, 1.54) is 24.1 Å². The second-order valence-electron chi connectivity index (χ2n) is 7.14. The van der Waals surface area contributed by atoms with Crippen molar-refractivity contribution >= 4 is 17.4 Å². The highest BCUT2D eigenvalue weighted by atomic mass is 16.5. The number of aryl methyl sites for hydroxylation is 1. The zero-order chi connectivity index (χ0) is 21.1. The van der Waals surface area contributed by atoms with Gasteiger partial charge < -0.3 is 19.8 Å². The normalized spacial score (nSPS) is 18.3. The number of Topliss-reactive ketones (excluding diaryl/α,β-unsaturated/α-hetero) is 1. The van der Waals surface area contributed by atoms with Crippen molar-refractivity contribution < 1.29 is 24.5 Å². The van der Waals surface area contributed by atoms with Crippen LogP contribution >= 0.6 is 0 Å². The van der Waals surface area contributed by atoms with Crippen LogP contribution in [0.5, 0.6) is 11.5 Å². The number of ether oxygens (including phenoxy) is 1. The lowest BCUT2D eigenvalue weighted by atomic mass is 9.94. The standard InChI is InChI=1S/C23H25NO5/c1-4-5-12-24-20(15-7-9-16(25)10-8-15)19(22(27)23(24)28)21(26)17-13-14(2)6-11-18(17)29-3/h6-11,13,20,25-26H,4-5,12H2,1-3H3/b21-19+. The van der Waals surface area contributed by atoms with E-state index in [1.807, 2.05) is 19.9 Å². The largest absolute Gasteiger partial charge is 0.508 e. The van der Waals surface area contributed by atoms with E-state index in [0.717, 1.165) is 18.4 Å². The van der Waals surface area contributed by atoms with Gasteiger partial charge in [-0.05, 0) is 43.2 Å². The number of methoxy groups -OCH3 is 1. The van der Waals surface area contributed by atoms with Crippen LogP contribution in [0.15, 0.2) is 48.0 Å². The maximum absolute atomic E-state index is 12.9. The average Bonchev–Trinajstić information content (AvgIpc) is 2.97. The molecule has 3 rings (SSSR count). The molecule has 1 fully saturated rings. The molecule has 0 radical (unpaired) electrons. The quantitative estimate of drug-likeness (QED) is 0.440. The Morgan fingerprint density at radius 3 is 2.45 bits per heavy atom. The van der Waals surface area contributed by atoms with E-state index >= 15 is 0 Å². The molecular weight excluding hydrogens is 370 g/mol. The number of amides is 1.